The molecule has 2 rings (SSSR count). The summed E-state index contributed by atoms with van der Waals surface area (Å²) in [7, 11) is 0. The first-order valence-corrected chi connectivity index (χ1v) is 8.64. The Bertz CT molecular complexity index is 646. The Morgan fingerprint density at radius 1 is 1.43 bits per heavy atom. The van der Waals surface area contributed by atoms with Crippen molar-refractivity contribution in [3.8, 4) is 6.07 Å². The van der Waals surface area contributed by atoms with Crippen LogP contribution in [0, 0.1) is 11.3 Å². The minimum Gasteiger partial charge on any atom is -0.350 e. The summed E-state index contributed by atoms with van der Waals surface area (Å²) < 4.78 is 0. The summed E-state index contributed by atoms with van der Waals surface area (Å²) in [5.74, 6) is 0.822. The molecule has 0 saturated carbocycles. The zero-order chi connectivity index (χ0) is 17.0. The second kappa shape index (κ2) is 7.05. The van der Waals surface area contributed by atoms with Crippen molar-refractivity contribution >= 4 is 23.6 Å². The van der Waals surface area contributed by atoms with Crippen LogP contribution in [0.2, 0.25) is 0 Å². The lowest BCUT2D eigenvalue weighted by molar-refractivity contribution is -0.125. The van der Waals surface area contributed by atoms with Crippen LogP contribution >= 0.6 is 11.8 Å². The van der Waals surface area contributed by atoms with Crippen LogP contribution in [0.1, 0.15) is 36.7 Å². The van der Waals surface area contributed by atoms with E-state index >= 15 is 0 Å². The van der Waals surface area contributed by atoms with Gasteiger partial charge in [0.1, 0.15) is 6.04 Å². The number of carbonyl (C=O) groups excluding carboxylic acids is 2. The lowest BCUT2D eigenvalue weighted by atomic mass is 10.1. The number of nitrogens with zero attached hydrogens (tertiary/aromatic N) is 2. The van der Waals surface area contributed by atoms with Gasteiger partial charge >= 0.3 is 0 Å². The van der Waals surface area contributed by atoms with Crippen LogP contribution in [0.4, 0.5) is 0 Å². The highest BCUT2D eigenvalue weighted by molar-refractivity contribution is 7.99. The predicted molar refractivity (Wildman–Crippen MR) is 90.9 cm³/mol. The fourth-order valence-corrected chi connectivity index (χ4v) is 3.54. The molecule has 1 unspecified atom stereocenters. The number of amides is 2. The van der Waals surface area contributed by atoms with E-state index in [0.29, 0.717) is 17.2 Å². The van der Waals surface area contributed by atoms with Gasteiger partial charge in [0.2, 0.25) is 5.91 Å². The summed E-state index contributed by atoms with van der Waals surface area (Å²) in [5.41, 5.74) is 1.00. The van der Waals surface area contributed by atoms with E-state index in [-0.39, 0.29) is 23.8 Å². The number of nitrogens with one attached hydrogen (secondary N) is 1. The van der Waals surface area contributed by atoms with Crippen LogP contribution in [0.25, 0.3) is 0 Å². The van der Waals surface area contributed by atoms with E-state index in [4.69, 9.17) is 5.26 Å². The van der Waals surface area contributed by atoms with Crippen molar-refractivity contribution in [2.45, 2.75) is 38.8 Å². The molecule has 122 valence electrons. The summed E-state index contributed by atoms with van der Waals surface area (Å²) in [5, 5.41) is 11.7. The Morgan fingerprint density at radius 3 is 2.83 bits per heavy atom. The Hall–Kier alpha value is -2.00. The topological polar surface area (TPSA) is 73.2 Å². The number of nitriles is 1. The fourth-order valence-electron chi connectivity index (χ4n) is 2.38. The van der Waals surface area contributed by atoms with Gasteiger partial charge in [0.05, 0.1) is 18.4 Å². The standard InChI is InChI=1S/C17H21N3O2S/c1-17(2,3)19-15(21)14-10-23-11-20(14)16(22)13-6-4-5-12(9-13)7-8-18/h4-6,9,14H,7,10-11H2,1-3H3,(H,19,21). The highest BCUT2D eigenvalue weighted by atomic mass is 32.2. The molecule has 1 aliphatic heterocycles. The lowest BCUT2D eigenvalue weighted by Crippen LogP contribution is -2.52. The Labute approximate surface area is 141 Å². The molecular weight excluding hydrogens is 310 g/mol. The molecule has 1 heterocycles. The lowest BCUT2D eigenvalue weighted by Gasteiger charge is -2.27. The van der Waals surface area contributed by atoms with Gasteiger partial charge in [-0.05, 0) is 38.5 Å². The molecule has 1 N–H and O–H groups in total. The number of carbonyl (C=O) groups is 2. The number of hydrogen-bond acceptors (Lipinski definition) is 4. The van der Waals surface area contributed by atoms with Crippen molar-refractivity contribution < 1.29 is 9.59 Å². The third kappa shape index (κ3) is 4.49. The van der Waals surface area contributed by atoms with E-state index in [9.17, 15) is 9.59 Å². The summed E-state index contributed by atoms with van der Waals surface area (Å²) in [6, 6.07) is 8.68. The first-order valence-electron chi connectivity index (χ1n) is 7.48. The summed E-state index contributed by atoms with van der Waals surface area (Å²) in [6.45, 7) is 5.76. The SMILES string of the molecule is CC(C)(C)NC(=O)C1CSCN1C(=O)c1cccc(CC#N)c1. The molecular formula is C17H21N3O2S. The molecule has 0 spiro atoms. The van der Waals surface area contributed by atoms with Gasteiger partial charge in [0.15, 0.2) is 0 Å². The second-order valence-electron chi connectivity index (χ2n) is 6.57. The van der Waals surface area contributed by atoms with Crippen molar-refractivity contribution in [3.63, 3.8) is 0 Å². The van der Waals surface area contributed by atoms with E-state index in [1.54, 1.807) is 34.9 Å². The van der Waals surface area contributed by atoms with Crippen LogP contribution < -0.4 is 5.32 Å². The predicted octanol–water partition coefficient (Wildman–Crippen LogP) is 2.18. The quantitative estimate of drug-likeness (QED) is 0.921. The van der Waals surface area contributed by atoms with Crippen LogP contribution in [-0.4, -0.2) is 39.9 Å². The maximum absolute atomic E-state index is 12.7. The van der Waals surface area contributed by atoms with Crippen LogP contribution in [-0.2, 0) is 11.2 Å². The molecule has 23 heavy (non-hydrogen) atoms. The van der Waals surface area contributed by atoms with Gasteiger partial charge in [-0.15, -0.1) is 11.8 Å². The minimum atomic E-state index is -0.452. The molecule has 6 heteroatoms. The van der Waals surface area contributed by atoms with Crippen molar-refractivity contribution in [2.24, 2.45) is 0 Å². The molecule has 1 fully saturated rings. The van der Waals surface area contributed by atoms with Gasteiger partial charge in [0.25, 0.3) is 5.91 Å². The fraction of sp³-hybridized carbons (Fsp3) is 0.471. The molecule has 0 bridgehead atoms. The highest BCUT2D eigenvalue weighted by Crippen LogP contribution is 2.24. The zero-order valence-electron chi connectivity index (χ0n) is 13.6. The smallest absolute Gasteiger partial charge is 0.255 e. The average Bonchev–Trinajstić information content (AvgIpc) is 2.95. The number of rotatable bonds is 3. The van der Waals surface area contributed by atoms with E-state index in [0.717, 1.165) is 5.56 Å². The van der Waals surface area contributed by atoms with Crippen LogP contribution in [0.3, 0.4) is 0 Å². The van der Waals surface area contributed by atoms with E-state index in [1.807, 2.05) is 26.8 Å². The molecule has 1 aliphatic rings. The third-order valence-electron chi connectivity index (χ3n) is 3.40. The average molecular weight is 331 g/mol. The zero-order valence-corrected chi connectivity index (χ0v) is 14.4. The summed E-state index contributed by atoms with van der Waals surface area (Å²) in [4.78, 5) is 26.8. The summed E-state index contributed by atoms with van der Waals surface area (Å²) in [6.07, 6.45) is 0.268. The maximum atomic E-state index is 12.7. The first-order chi connectivity index (χ1) is 10.8. The molecule has 1 atom stereocenters. The summed E-state index contributed by atoms with van der Waals surface area (Å²) >= 11 is 1.57. The number of thioether (sulfide) groups is 1. The largest absolute Gasteiger partial charge is 0.350 e. The minimum absolute atomic E-state index is 0.121. The van der Waals surface area contributed by atoms with Crippen molar-refractivity contribution in [3.05, 3.63) is 35.4 Å². The Kier molecular flexibility index (Phi) is 5.32. The molecule has 1 aromatic carbocycles. The monoisotopic (exact) mass is 331 g/mol. The van der Waals surface area contributed by atoms with Crippen LogP contribution in [0.15, 0.2) is 24.3 Å². The first kappa shape index (κ1) is 17.4. The van der Waals surface area contributed by atoms with Crippen molar-refractivity contribution in [1.82, 2.24) is 10.2 Å². The van der Waals surface area contributed by atoms with Crippen molar-refractivity contribution in [2.75, 3.05) is 11.6 Å². The van der Waals surface area contributed by atoms with E-state index < -0.39 is 6.04 Å². The molecule has 0 aliphatic carbocycles. The van der Waals surface area contributed by atoms with Gasteiger partial charge in [0, 0.05) is 16.9 Å². The highest BCUT2D eigenvalue weighted by Gasteiger charge is 2.36. The van der Waals surface area contributed by atoms with Crippen LogP contribution in [0.5, 0.6) is 0 Å². The van der Waals surface area contributed by atoms with E-state index in [2.05, 4.69) is 11.4 Å². The van der Waals surface area contributed by atoms with Gasteiger partial charge in [-0.25, -0.2) is 0 Å². The van der Waals surface area contributed by atoms with Gasteiger partial charge in [-0.1, -0.05) is 12.1 Å². The maximum Gasteiger partial charge on any atom is 0.255 e. The molecule has 1 aromatic rings. The van der Waals surface area contributed by atoms with Crippen molar-refractivity contribution in [1.29, 1.82) is 5.26 Å². The molecule has 5 nitrogen and oxygen atoms in total. The molecule has 2 amide bonds. The molecule has 0 aromatic heterocycles. The van der Waals surface area contributed by atoms with Gasteiger partial charge < -0.3 is 10.2 Å². The normalized spacial score (nSPS) is 17.7. The molecule has 1 saturated heterocycles. The third-order valence-corrected chi connectivity index (χ3v) is 4.41. The number of hydrogen-bond donors (Lipinski definition) is 1. The molecule has 0 radical (unpaired) electrons. The Morgan fingerprint density at radius 2 is 2.17 bits per heavy atom. The van der Waals surface area contributed by atoms with Gasteiger partial charge in [-0.2, -0.15) is 5.26 Å². The Balaban J connectivity index is 2.16. The van der Waals surface area contributed by atoms with E-state index in [1.165, 1.54) is 0 Å². The number of benzene rings is 1. The van der Waals surface area contributed by atoms with Gasteiger partial charge in [-0.3, -0.25) is 9.59 Å². The second-order valence-corrected chi connectivity index (χ2v) is 7.56.